The summed E-state index contributed by atoms with van der Waals surface area (Å²) in [6, 6.07) is 24.1. The largest absolute Gasteiger partial charge is 0.497 e. The van der Waals surface area contributed by atoms with E-state index in [0.29, 0.717) is 10.0 Å². The second-order valence-corrected chi connectivity index (χ2v) is 11.7. The SMILES string of the molecule is COc1ccc2nc3cc(Cl)ccc3c(N[C@@H]3CCCC[C@H]3Nc3c4ccc(Cl)cc4nc4ccc(OC)cc34)c2c1. The van der Waals surface area contributed by atoms with Crippen LogP contribution in [0.25, 0.3) is 43.6 Å². The van der Waals surface area contributed by atoms with Crippen molar-refractivity contribution in [2.75, 3.05) is 24.9 Å². The highest BCUT2D eigenvalue weighted by molar-refractivity contribution is 6.32. The Morgan fingerprint density at radius 3 is 1.45 bits per heavy atom. The predicted octanol–water partition coefficient (Wildman–Crippen LogP) is 9.25. The van der Waals surface area contributed by atoms with Crippen molar-refractivity contribution in [1.82, 2.24) is 9.97 Å². The van der Waals surface area contributed by atoms with Gasteiger partial charge in [-0.15, -0.1) is 0 Å². The minimum absolute atomic E-state index is 0.158. The van der Waals surface area contributed by atoms with Crippen LogP contribution < -0.4 is 20.1 Å². The zero-order valence-corrected chi connectivity index (χ0v) is 24.9. The van der Waals surface area contributed by atoms with E-state index in [1.807, 2.05) is 48.5 Å². The number of aromatic nitrogens is 2. The summed E-state index contributed by atoms with van der Waals surface area (Å²) in [4.78, 5) is 9.84. The fourth-order valence-electron chi connectivity index (χ4n) is 6.21. The van der Waals surface area contributed by atoms with Crippen molar-refractivity contribution in [1.29, 1.82) is 0 Å². The Morgan fingerprint density at radius 1 is 0.571 bits per heavy atom. The van der Waals surface area contributed by atoms with Crippen LogP contribution in [0.5, 0.6) is 11.5 Å². The molecule has 0 bridgehead atoms. The fraction of sp³-hybridized carbons (Fsp3) is 0.235. The lowest BCUT2D eigenvalue weighted by Crippen LogP contribution is -2.42. The van der Waals surface area contributed by atoms with E-state index in [2.05, 4.69) is 34.9 Å². The van der Waals surface area contributed by atoms with Crippen LogP contribution in [0.2, 0.25) is 10.0 Å². The van der Waals surface area contributed by atoms with Gasteiger partial charge in [-0.05, 0) is 85.6 Å². The van der Waals surface area contributed by atoms with Crippen molar-refractivity contribution in [3.05, 3.63) is 82.8 Å². The number of halogens is 2. The number of hydrogen-bond acceptors (Lipinski definition) is 6. The topological polar surface area (TPSA) is 68.3 Å². The first kappa shape index (κ1) is 26.9. The monoisotopic (exact) mass is 596 g/mol. The summed E-state index contributed by atoms with van der Waals surface area (Å²) in [6.07, 6.45) is 4.34. The van der Waals surface area contributed by atoms with Crippen molar-refractivity contribution >= 4 is 78.2 Å². The summed E-state index contributed by atoms with van der Waals surface area (Å²) in [5.41, 5.74) is 5.59. The number of rotatable bonds is 6. The lowest BCUT2D eigenvalue weighted by Gasteiger charge is -2.35. The van der Waals surface area contributed by atoms with Gasteiger partial charge in [0.15, 0.2) is 0 Å². The average molecular weight is 598 g/mol. The number of nitrogens with one attached hydrogen (secondary N) is 2. The van der Waals surface area contributed by atoms with E-state index >= 15 is 0 Å². The van der Waals surface area contributed by atoms with Crippen molar-refractivity contribution in [3.8, 4) is 11.5 Å². The van der Waals surface area contributed by atoms with Gasteiger partial charge in [0.25, 0.3) is 0 Å². The Labute approximate surface area is 254 Å². The minimum Gasteiger partial charge on any atom is -0.497 e. The molecule has 0 radical (unpaired) electrons. The summed E-state index contributed by atoms with van der Waals surface area (Å²) in [7, 11) is 3.38. The van der Waals surface area contributed by atoms with E-state index in [-0.39, 0.29) is 12.1 Å². The van der Waals surface area contributed by atoms with Gasteiger partial charge in [-0.3, -0.25) is 0 Å². The molecule has 4 aromatic carbocycles. The molecule has 7 rings (SSSR count). The van der Waals surface area contributed by atoms with Crippen LogP contribution in [0.3, 0.4) is 0 Å². The van der Waals surface area contributed by atoms with Crippen molar-refractivity contribution < 1.29 is 9.47 Å². The normalized spacial score (nSPS) is 17.1. The highest BCUT2D eigenvalue weighted by Gasteiger charge is 2.28. The van der Waals surface area contributed by atoms with Gasteiger partial charge in [0.05, 0.1) is 47.7 Å². The molecule has 0 aliphatic heterocycles. The number of fused-ring (bicyclic) bond motifs is 4. The molecule has 0 amide bonds. The van der Waals surface area contributed by atoms with Gasteiger partial charge in [0, 0.05) is 43.7 Å². The first-order chi connectivity index (χ1) is 20.5. The number of benzene rings is 4. The molecule has 2 heterocycles. The molecule has 1 aliphatic rings. The molecule has 6 nitrogen and oxygen atoms in total. The highest BCUT2D eigenvalue weighted by Crippen LogP contribution is 2.39. The first-order valence-electron chi connectivity index (χ1n) is 14.2. The van der Waals surface area contributed by atoms with E-state index in [1.165, 1.54) is 0 Å². The minimum atomic E-state index is 0.158. The van der Waals surface area contributed by atoms with Crippen LogP contribution in [-0.2, 0) is 0 Å². The predicted molar refractivity (Wildman–Crippen MR) is 175 cm³/mol. The molecule has 0 unspecified atom stereocenters. The number of hydrogen-bond donors (Lipinski definition) is 2. The maximum atomic E-state index is 6.39. The quantitative estimate of drug-likeness (QED) is 0.187. The summed E-state index contributed by atoms with van der Waals surface area (Å²) in [6.45, 7) is 0. The lowest BCUT2D eigenvalue weighted by atomic mass is 9.89. The number of nitrogens with zero attached hydrogens (tertiary/aromatic N) is 2. The van der Waals surface area contributed by atoms with Gasteiger partial charge in [0.2, 0.25) is 0 Å². The average Bonchev–Trinajstić information content (AvgIpc) is 3.01. The number of anilines is 2. The van der Waals surface area contributed by atoms with Crippen LogP contribution in [0.1, 0.15) is 25.7 Å². The van der Waals surface area contributed by atoms with Crippen LogP contribution in [0.15, 0.2) is 72.8 Å². The van der Waals surface area contributed by atoms with Gasteiger partial charge >= 0.3 is 0 Å². The summed E-state index contributed by atoms with van der Waals surface area (Å²) < 4.78 is 11.2. The van der Waals surface area contributed by atoms with Gasteiger partial charge in [-0.1, -0.05) is 36.0 Å². The third-order valence-electron chi connectivity index (χ3n) is 8.31. The molecule has 2 N–H and O–H groups in total. The molecule has 0 spiro atoms. The van der Waals surface area contributed by atoms with Gasteiger partial charge < -0.3 is 20.1 Å². The molecule has 2 atom stereocenters. The zero-order valence-electron chi connectivity index (χ0n) is 23.4. The van der Waals surface area contributed by atoms with Gasteiger partial charge in [-0.25, -0.2) is 9.97 Å². The molecule has 1 fully saturated rings. The Morgan fingerprint density at radius 2 is 1.02 bits per heavy atom. The van der Waals surface area contributed by atoms with E-state index < -0.39 is 0 Å². The van der Waals surface area contributed by atoms with Crippen LogP contribution in [0, 0.1) is 0 Å². The fourth-order valence-corrected chi connectivity index (χ4v) is 6.54. The molecule has 6 aromatic rings. The third kappa shape index (κ3) is 4.89. The van der Waals surface area contributed by atoms with E-state index in [0.717, 1.165) is 92.2 Å². The Balaban J connectivity index is 1.35. The Kier molecular flexibility index (Phi) is 7.04. The van der Waals surface area contributed by atoms with E-state index in [9.17, 15) is 0 Å². The third-order valence-corrected chi connectivity index (χ3v) is 8.78. The van der Waals surface area contributed by atoms with Crippen molar-refractivity contribution in [2.24, 2.45) is 0 Å². The van der Waals surface area contributed by atoms with Crippen LogP contribution in [0.4, 0.5) is 11.4 Å². The lowest BCUT2D eigenvalue weighted by molar-refractivity contribution is 0.415. The Bertz CT molecular complexity index is 1840. The second kappa shape index (κ2) is 11.0. The molecule has 1 saturated carbocycles. The van der Waals surface area contributed by atoms with Gasteiger partial charge in [0.1, 0.15) is 11.5 Å². The first-order valence-corrected chi connectivity index (χ1v) is 14.9. The molecular weight excluding hydrogens is 567 g/mol. The summed E-state index contributed by atoms with van der Waals surface area (Å²) in [5, 5.41) is 13.4. The number of methoxy groups -OCH3 is 2. The van der Waals surface area contributed by atoms with Crippen molar-refractivity contribution in [3.63, 3.8) is 0 Å². The van der Waals surface area contributed by atoms with Crippen LogP contribution in [-0.4, -0.2) is 36.3 Å². The molecule has 0 saturated heterocycles. The second-order valence-electron chi connectivity index (χ2n) is 10.8. The molecule has 212 valence electrons. The maximum absolute atomic E-state index is 6.39. The van der Waals surface area contributed by atoms with Crippen molar-refractivity contribution in [2.45, 2.75) is 37.8 Å². The van der Waals surface area contributed by atoms with Crippen LogP contribution >= 0.6 is 23.2 Å². The molecular formula is C34H30Cl2N4O2. The Hall–Kier alpha value is -4.00. The number of ether oxygens (including phenoxy) is 2. The molecule has 42 heavy (non-hydrogen) atoms. The standard InChI is InChI=1S/C34H30Cl2N4O2/c1-41-21-9-13-27-25(17-21)33(23-11-7-19(35)15-31(23)37-27)39-29-5-3-4-6-30(29)40-34-24-12-8-20(36)16-32(24)38-28-14-10-22(42-2)18-26(28)34/h7-18,29-30H,3-6H2,1-2H3,(H,37,39)(H,38,40)/t29-,30-/m1/s1. The molecule has 1 aliphatic carbocycles. The zero-order chi connectivity index (χ0) is 28.8. The molecule has 8 heteroatoms. The number of pyridine rings is 2. The summed E-state index contributed by atoms with van der Waals surface area (Å²) in [5.74, 6) is 1.59. The molecule has 2 aromatic heterocycles. The van der Waals surface area contributed by atoms with E-state index in [1.54, 1.807) is 14.2 Å². The highest BCUT2D eigenvalue weighted by atomic mass is 35.5. The van der Waals surface area contributed by atoms with Gasteiger partial charge in [-0.2, -0.15) is 0 Å². The summed E-state index contributed by atoms with van der Waals surface area (Å²) >= 11 is 12.8. The van der Waals surface area contributed by atoms with E-state index in [4.69, 9.17) is 42.6 Å². The maximum Gasteiger partial charge on any atom is 0.119 e. The smallest absolute Gasteiger partial charge is 0.119 e.